The number of benzene rings is 1. The first kappa shape index (κ1) is 20.5. The Morgan fingerprint density at radius 3 is 2.57 bits per heavy atom. The van der Waals surface area contributed by atoms with Crippen molar-refractivity contribution in [3.05, 3.63) is 35.2 Å². The molecule has 2 heterocycles. The van der Waals surface area contributed by atoms with Crippen LogP contribution < -0.4 is 10.6 Å². The predicted molar refractivity (Wildman–Crippen MR) is 111 cm³/mol. The number of likely N-dealkylation sites (tertiary alicyclic amines) is 1. The largest absolute Gasteiger partial charge is 0.485 e. The van der Waals surface area contributed by atoms with Crippen LogP contribution in [0.2, 0.25) is 0 Å². The Morgan fingerprint density at radius 1 is 1.14 bits per heavy atom. The van der Waals surface area contributed by atoms with E-state index in [4.69, 9.17) is 10.6 Å². The number of aromatic nitrogens is 3. The molecule has 2 aromatic rings. The number of nitrogens with two attached hydrogens (primary N) is 1. The van der Waals surface area contributed by atoms with Crippen molar-refractivity contribution < 1.29 is 9.53 Å². The summed E-state index contributed by atoms with van der Waals surface area (Å²) in [5.41, 5.74) is 2.26. The van der Waals surface area contributed by atoms with Crippen LogP contribution in [-0.2, 0) is 11.4 Å². The molecule has 1 saturated heterocycles. The number of nitrogens with zero attached hydrogens (tertiary/aromatic N) is 4. The standard InChI is InChI=1S/C20H29N5O2S/c1-15-8-9-17(16(2)12-15)27-13-18-22-23-20(25(18)21)28-14-19(26)24-10-6-4-3-5-7-11-24/h8-9,12H,3-7,10-11,13-14,21H2,1-2H3. The summed E-state index contributed by atoms with van der Waals surface area (Å²) in [4.78, 5) is 14.5. The molecule has 7 nitrogen and oxygen atoms in total. The second-order valence-electron chi connectivity index (χ2n) is 7.26. The molecule has 0 aliphatic carbocycles. The maximum absolute atomic E-state index is 12.5. The molecule has 1 aromatic heterocycles. The summed E-state index contributed by atoms with van der Waals surface area (Å²) in [6, 6.07) is 6.02. The van der Waals surface area contributed by atoms with Crippen LogP contribution in [-0.4, -0.2) is 44.5 Å². The van der Waals surface area contributed by atoms with Crippen LogP contribution in [0.1, 0.15) is 49.1 Å². The van der Waals surface area contributed by atoms with E-state index in [1.165, 1.54) is 41.3 Å². The summed E-state index contributed by atoms with van der Waals surface area (Å²) in [6.45, 7) is 5.99. The third-order valence-electron chi connectivity index (χ3n) is 4.96. The lowest BCUT2D eigenvalue weighted by atomic mass is 10.1. The summed E-state index contributed by atoms with van der Waals surface area (Å²) < 4.78 is 7.24. The van der Waals surface area contributed by atoms with Gasteiger partial charge >= 0.3 is 0 Å². The number of hydrogen-bond donors (Lipinski definition) is 1. The van der Waals surface area contributed by atoms with Gasteiger partial charge in [-0.05, 0) is 38.3 Å². The number of thioether (sulfide) groups is 1. The van der Waals surface area contributed by atoms with Crippen molar-refractivity contribution in [3.63, 3.8) is 0 Å². The number of carbonyl (C=O) groups is 1. The molecule has 8 heteroatoms. The highest BCUT2D eigenvalue weighted by Crippen LogP contribution is 2.21. The van der Waals surface area contributed by atoms with E-state index in [0.717, 1.165) is 37.2 Å². The highest BCUT2D eigenvalue weighted by Gasteiger charge is 2.18. The van der Waals surface area contributed by atoms with Gasteiger partial charge in [0.1, 0.15) is 12.4 Å². The molecular weight excluding hydrogens is 374 g/mol. The highest BCUT2D eigenvalue weighted by atomic mass is 32.2. The van der Waals surface area contributed by atoms with Crippen molar-refractivity contribution >= 4 is 17.7 Å². The topological polar surface area (TPSA) is 86.3 Å². The van der Waals surface area contributed by atoms with Gasteiger partial charge in [0.15, 0.2) is 5.82 Å². The molecule has 152 valence electrons. The van der Waals surface area contributed by atoms with Crippen LogP contribution in [0.3, 0.4) is 0 Å². The van der Waals surface area contributed by atoms with Gasteiger partial charge in [-0.25, -0.2) is 4.68 Å². The minimum atomic E-state index is 0.142. The zero-order valence-electron chi connectivity index (χ0n) is 16.7. The van der Waals surface area contributed by atoms with E-state index in [1.807, 2.05) is 30.9 Å². The quantitative estimate of drug-likeness (QED) is 0.589. The van der Waals surface area contributed by atoms with Crippen LogP contribution in [0.5, 0.6) is 5.75 Å². The minimum Gasteiger partial charge on any atom is -0.485 e. The number of aryl methyl sites for hydroxylation is 2. The Bertz CT molecular complexity index is 800. The summed E-state index contributed by atoms with van der Waals surface area (Å²) in [5.74, 6) is 7.90. The molecule has 1 aromatic carbocycles. The van der Waals surface area contributed by atoms with Crippen LogP contribution in [0, 0.1) is 13.8 Å². The van der Waals surface area contributed by atoms with Gasteiger partial charge in [-0.2, -0.15) is 0 Å². The van der Waals surface area contributed by atoms with E-state index in [0.29, 0.717) is 16.7 Å². The molecule has 3 rings (SSSR count). The molecule has 0 bridgehead atoms. The lowest BCUT2D eigenvalue weighted by Gasteiger charge is -2.24. The monoisotopic (exact) mass is 403 g/mol. The zero-order valence-corrected chi connectivity index (χ0v) is 17.5. The fourth-order valence-electron chi connectivity index (χ4n) is 3.32. The van der Waals surface area contributed by atoms with Crippen molar-refractivity contribution in [2.24, 2.45) is 0 Å². The van der Waals surface area contributed by atoms with E-state index in [9.17, 15) is 4.79 Å². The van der Waals surface area contributed by atoms with Gasteiger partial charge in [0.25, 0.3) is 0 Å². The highest BCUT2D eigenvalue weighted by molar-refractivity contribution is 7.99. The summed E-state index contributed by atoms with van der Waals surface area (Å²) in [7, 11) is 0. The summed E-state index contributed by atoms with van der Waals surface area (Å²) in [5, 5.41) is 8.76. The second kappa shape index (κ2) is 9.82. The number of amides is 1. The predicted octanol–water partition coefficient (Wildman–Crippen LogP) is 3.07. The Labute approximate surface area is 170 Å². The van der Waals surface area contributed by atoms with Crippen LogP contribution in [0.25, 0.3) is 0 Å². The number of hydrogen-bond acceptors (Lipinski definition) is 6. The smallest absolute Gasteiger partial charge is 0.233 e. The van der Waals surface area contributed by atoms with Crippen molar-refractivity contribution in [3.8, 4) is 5.75 Å². The average molecular weight is 404 g/mol. The van der Waals surface area contributed by atoms with Gasteiger partial charge in [0.2, 0.25) is 11.1 Å². The fraction of sp³-hybridized carbons (Fsp3) is 0.550. The van der Waals surface area contributed by atoms with Gasteiger partial charge in [-0.1, -0.05) is 48.7 Å². The molecule has 1 fully saturated rings. The zero-order chi connectivity index (χ0) is 19.9. The number of carbonyl (C=O) groups excluding carboxylic acids is 1. The lowest BCUT2D eigenvalue weighted by Crippen LogP contribution is -2.35. The minimum absolute atomic E-state index is 0.142. The van der Waals surface area contributed by atoms with Gasteiger partial charge in [0, 0.05) is 13.1 Å². The number of rotatable bonds is 6. The van der Waals surface area contributed by atoms with Crippen molar-refractivity contribution in [2.45, 2.75) is 57.7 Å². The molecular formula is C20H29N5O2S. The Balaban J connectivity index is 1.53. The van der Waals surface area contributed by atoms with Gasteiger partial charge in [0.05, 0.1) is 5.75 Å². The third kappa shape index (κ3) is 5.41. The second-order valence-corrected chi connectivity index (χ2v) is 8.21. The van der Waals surface area contributed by atoms with E-state index in [1.54, 1.807) is 0 Å². The van der Waals surface area contributed by atoms with Gasteiger partial charge in [-0.3, -0.25) is 4.79 Å². The van der Waals surface area contributed by atoms with E-state index < -0.39 is 0 Å². The Morgan fingerprint density at radius 2 is 1.86 bits per heavy atom. The fourth-order valence-corrected chi connectivity index (χ4v) is 4.10. The molecule has 2 N–H and O–H groups in total. The molecule has 0 atom stereocenters. The molecule has 28 heavy (non-hydrogen) atoms. The Kier molecular flexibility index (Phi) is 7.19. The Hall–Kier alpha value is -2.22. The normalized spacial score (nSPS) is 15.1. The number of ether oxygens (including phenoxy) is 1. The van der Waals surface area contributed by atoms with E-state index >= 15 is 0 Å². The molecule has 1 amide bonds. The van der Waals surface area contributed by atoms with Gasteiger partial charge < -0.3 is 15.5 Å². The molecule has 1 aliphatic rings. The number of nitrogen functional groups attached to an aromatic ring is 1. The van der Waals surface area contributed by atoms with Gasteiger partial charge in [-0.15, -0.1) is 10.2 Å². The maximum Gasteiger partial charge on any atom is 0.233 e. The SMILES string of the molecule is Cc1ccc(OCc2nnc(SCC(=O)N3CCCCCCC3)n2N)c(C)c1. The molecule has 0 unspecified atom stereocenters. The molecule has 0 saturated carbocycles. The third-order valence-corrected chi connectivity index (χ3v) is 5.88. The average Bonchev–Trinajstić information content (AvgIpc) is 2.98. The first-order valence-electron chi connectivity index (χ1n) is 9.84. The van der Waals surface area contributed by atoms with Crippen molar-refractivity contribution in [1.29, 1.82) is 0 Å². The molecule has 0 spiro atoms. The first-order valence-corrected chi connectivity index (χ1v) is 10.8. The van der Waals surface area contributed by atoms with Crippen LogP contribution >= 0.6 is 11.8 Å². The van der Waals surface area contributed by atoms with E-state index in [2.05, 4.69) is 16.3 Å². The van der Waals surface area contributed by atoms with Crippen LogP contribution in [0.4, 0.5) is 0 Å². The first-order chi connectivity index (χ1) is 13.5. The summed E-state index contributed by atoms with van der Waals surface area (Å²) >= 11 is 1.33. The van der Waals surface area contributed by atoms with E-state index in [-0.39, 0.29) is 12.5 Å². The summed E-state index contributed by atoms with van der Waals surface area (Å²) in [6.07, 6.45) is 5.86. The molecule has 1 aliphatic heterocycles. The van der Waals surface area contributed by atoms with Crippen molar-refractivity contribution in [2.75, 3.05) is 24.7 Å². The molecule has 0 radical (unpaired) electrons. The lowest BCUT2D eigenvalue weighted by molar-refractivity contribution is -0.128. The van der Waals surface area contributed by atoms with Crippen molar-refractivity contribution in [1.82, 2.24) is 19.8 Å². The van der Waals surface area contributed by atoms with Crippen LogP contribution in [0.15, 0.2) is 23.4 Å². The maximum atomic E-state index is 12.5.